The van der Waals surface area contributed by atoms with Crippen molar-refractivity contribution in [1.29, 1.82) is 0 Å². The first-order valence-corrected chi connectivity index (χ1v) is 7.45. The van der Waals surface area contributed by atoms with Gasteiger partial charge in [-0.2, -0.15) is 0 Å². The number of aliphatic hydroxyl groups excluding tert-OH is 4. The lowest BCUT2D eigenvalue weighted by Gasteiger charge is -2.27. The minimum atomic E-state index is -1.35. The molecule has 0 radical (unpaired) electrons. The van der Waals surface area contributed by atoms with Gasteiger partial charge < -0.3 is 25.7 Å². The molecule has 0 aromatic heterocycles. The van der Waals surface area contributed by atoms with Crippen molar-refractivity contribution >= 4 is 0 Å². The second-order valence-electron chi connectivity index (χ2n) is 5.53. The summed E-state index contributed by atoms with van der Waals surface area (Å²) in [5.41, 5.74) is 1.14. The first-order chi connectivity index (χ1) is 9.95. The lowest BCUT2D eigenvalue weighted by Crippen LogP contribution is -2.46. The van der Waals surface area contributed by atoms with Crippen molar-refractivity contribution < 1.29 is 20.4 Å². The number of nitrogens with one attached hydrogen (secondary N) is 1. The van der Waals surface area contributed by atoms with Gasteiger partial charge in [-0.05, 0) is 25.3 Å². The number of hydrogen-bond acceptors (Lipinski definition) is 5. The van der Waals surface area contributed by atoms with E-state index in [0.717, 1.165) is 5.56 Å². The van der Waals surface area contributed by atoms with E-state index in [9.17, 15) is 20.4 Å². The van der Waals surface area contributed by atoms with Crippen LogP contribution in [-0.4, -0.2) is 50.9 Å². The largest absolute Gasteiger partial charge is 0.390 e. The normalized spacial score (nSPS) is 18.8. The van der Waals surface area contributed by atoms with Gasteiger partial charge in [0.05, 0.1) is 12.2 Å². The van der Waals surface area contributed by atoms with E-state index in [1.807, 2.05) is 37.3 Å². The summed E-state index contributed by atoms with van der Waals surface area (Å²) in [7, 11) is 0. The molecular weight excluding hydrogens is 270 g/mol. The Morgan fingerprint density at radius 1 is 0.952 bits per heavy atom. The lowest BCUT2D eigenvalue weighted by atomic mass is 9.97. The Morgan fingerprint density at radius 3 is 2.10 bits per heavy atom. The minimum absolute atomic E-state index is 0.0270. The summed E-state index contributed by atoms with van der Waals surface area (Å²) in [6.07, 6.45) is -4.16. The number of benzene rings is 1. The van der Waals surface area contributed by atoms with Gasteiger partial charge in [0, 0.05) is 12.6 Å². The minimum Gasteiger partial charge on any atom is -0.390 e. The summed E-state index contributed by atoms with van der Waals surface area (Å²) in [5.74, 6) is 0. The van der Waals surface area contributed by atoms with Crippen LogP contribution in [0, 0.1) is 0 Å². The predicted molar refractivity (Wildman–Crippen MR) is 81.7 cm³/mol. The van der Waals surface area contributed by atoms with E-state index in [2.05, 4.69) is 5.32 Å². The molecule has 21 heavy (non-hydrogen) atoms. The summed E-state index contributed by atoms with van der Waals surface area (Å²) < 4.78 is 0. The van der Waals surface area contributed by atoms with Crippen LogP contribution in [0.25, 0.3) is 0 Å². The second-order valence-corrected chi connectivity index (χ2v) is 5.53. The van der Waals surface area contributed by atoms with E-state index in [4.69, 9.17) is 0 Å². The molecule has 0 heterocycles. The molecule has 0 bridgehead atoms. The molecule has 0 aliphatic heterocycles. The molecule has 0 aliphatic rings. The van der Waals surface area contributed by atoms with E-state index in [0.29, 0.717) is 19.4 Å². The molecule has 0 fully saturated rings. The fourth-order valence-electron chi connectivity index (χ4n) is 2.17. The maximum absolute atomic E-state index is 9.94. The third kappa shape index (κ3) is 6.11. The van der Waals surface area contributed by atoms with E-state index in [-0.39, 0.29) is 6.04 Å². The molecule has 120 valence electrons. The quantitative estimate of drug-likeness (QED) is 0.455. The van der Waals surface area contributed by atoms with Crippen LogP contribution in [0.4, 0.5) is 0 Å². The first kappa shape index (κ1) is 18.1. The van der Waals surface area contributed by atoms with Crippen LogP contribution in [0.2, 0.25) is 0 Å². The van der Waals surface area contributed by atoms with Crippen LogP contribution in [0.1, 0.15) is 32.3 Å². The van der Waals surface area contributed by atoms with Gasteiger partial charge in [0.1, 0.15) is 12.2 Å². The molecule has 5 atom stereocenters. The van der Waals surface area contributed by atoms with Gasteiger partial charge in [0.15, 0.2) is 0 Å². The smallest absolute Gasteiger partial charge is 0.108 e. The Hall–Kier alpha value is -0.980. The van der Waals surface area contributed by atoms with E-state index < -0.39 is 24.4 Å². The molecule has 0 saturated heterocycles. The van der Waals surface area contributed by atoms with E-state index >= 15 is 0 Å². The highest BCUT2D eigenvalue weighted by Gasteiger charge is 2.30. The zero-order chi connectivity index (χ0) is 15.8. The average Bonchev–Trinajstić information content (AvgIpc) is 2.51. The topological polar surface area (TPSA) is 93.0 Å². The van der Waals surface area contributed by atoms with Crippen molar-refractivity contribution in [2.45, 2.75) is 63.7 Å². The van der Waals surface area contributed by atoms with E-state index in [1.54, 1.807) is 6.92 Å². The SMILES string of the molecule is CC[C@@H](O)[C@H](O)[C@@H](O)[C@@H](O)CC(C)NCc1ccccc1. The van der Waals surface area contributed by atoms with Crippen molar-refractivity contribution in [3.63, 3.8) is 0 Å². The maximum Gasteiger partial charge on any atom is 0.108 e. The van der Waals surface area contributed by atoms with Crippen LogP contribution < -0.4 is 5.32 Å². The highest BCUT2D eigenvalue weighted by Crippen LogP contribution is 2.12. The fourth-order valence-corrected chi connectivity index (χ4v) is 2.17. The summed E-state index contributed by atoms with van der Waals surface area (Å²) in [5, 5.41) is 42.2. The van der Waals surface area contributed by atoms with Crippen LogP contribution >= 0.6 is 0 Å². The van der Waals surface area contributed by atoms with Crippen LogP contribution in [0.5, 0.6) is 0 Å². The van der Waals surface area contributed by atoms with Crippen molar-refractivity contribution in [2.24, 2.45) is 0 Å². The third-order valence-electron chi connectivity index (χ3n) is 3.65. The Labute approximate surface area is 126 Å². The summed E-state index contributed by atoms with van der Waals surface area (Å²) in [6.45, 7) is 4.28. The standard InChI is InChI=1S/C16H27NO4/c1-3-13(18)15(20)16(21)14(19)9-11(2)17-10-12-7-5-4-6-8-12/h4-8,11,13-21H,3,9-10H2,1-2H3/t11?,13-,14+,15+,16+/m1/s1. The zero-order valence-electron chi connectivity index (χ0n) is 12.7. The molecule has 1 unspecified atom stereocenters. The highest BCUT2D eigenvalue weighted by atomic mass is 16.4. The molecule has 0 saturated carbocycles. The predicted octanol–water partition coefficient (Wildman–Crippen LogP) is 0.408. The monoisotopic (exact) mass is 297 g/mol. The van der Waals surface area contributed by atoms with Gasteiger partial charge in [-0.15, -0.1) is 0 Å². The molecule has 0 aliphatic carbocycles. The van der Waals surface area contributed by atoms with Crippen molar-refractivity contribution in [1.82, 2.24) is 5.32 Å². The zero-order valence-corrected chi connectivity index (χ0v) is 12.7. The van der Waals surface area contributed by atoms with Gasteiger partial charge in [-0.25, -0.2) is 0 Å². The summed E-state index contributed by atoms with van der Waals surface area (Å²) in [4.78, 5) is 0. The molecule has 0 amide bonds. The molecule has 0 spiro atoms. The van der Waals surface area contributed by atoms with Crippen LogP contribution in [0.15, 0.2) is 30.3 Å². The molecule has 1 aromatic rings. The first-order valence-electron chi connectivity index (χ1n) is 7.45. The van der Waals surface area contributed by atoms with Crippen molar-refractivity contribution in [2.75, 3.05) is 0 Å². The third-order valence-corrected chi connectivity index (χ3v) is 3.65. The van der Waals surface area contributed by atoms with Crippen LogP contribution in [0.3, 0.4) is 0 Å². The number of aliphatic hydroxyl groups is 4. The molecule has 5 nitrogen and oxygen atoms in total. The lowest BCUT2D eigenvalue weighted by molar-refractivity contribution is -0.108. The van der Waals surface area contributed by atoms with Crippen molar-refractivity contribution in [3.05, 3.63) is 35.9 Å². The van der Waals surface area contributed by atoms with Crippen molar-refractivity contribution in [3.8, 4) is 0 Å². The van der Waals surface area contributed by atoms with Gasteiger partial charge in [-0.3, -0.25) is 0 Å². The van der Waals surface area contributed by atoms with Gasteiger partial charge >= 0.3 is 0 Å². The van der Waals surface area contributed by atoms with Gasteiger partial charge in [0.2, 0.25) is 0 Å². The molecule has 5 N–H and O–H groups in total. The average molecular weight is 297 g/mol. The van der Waals surface area contributed by atoms with Gasteiger partial charge in [-0.1, -0.05) is 37.3 Å². The summed E-state index contributed by atoms with van der Waals surface area (Å²) in [6, 6.07) is 9.86. The number of rotatable bonds is 9. The molecule has 5 heteroatoms. The van der Waals surface area contributed by atoms with Crippen LogP contribution in [-0.2, 0) is 6.54 Å². The molecule has 1 aromatic carbocycles. The Balaban J connectivity index is 2.37. The molecular formula is C16H27NO4. The Kier molecular flexibility index (Phi) is 7.85. The van der Waals surface area contributed by atoms with Gasteiger partial charge in [0.25, 0.3) is 0 Å². The number of hydrogen-bond donors (Lipinski definition) is 5. The Bertz CT molecular complexity index is 387. The second kappa shape index (κ2) is 9.12. The fraction of sp³-hybridized carbons (Fsp3) is 0.625. The summed E-state index contributed by atoms with van der Waals surface area (Å²) >= 11 is 0. The highest BCUT2D eigenvalue weighted by molar-refractivity contribution is 5.14. The maximum atomic E-state index is 9.94. The molecule has 1 rings (SSSR count). The van der Waals surface area contributed by atoms with E-state index in [1.165, 1.54) is 0 Å². The Morgan fingerprint density at radius 2 is 1.52 bits per heavy atom.